The third kappa shape index (κ3) is 4.08. The van der Waals surface area contributed by atoms with Crippen LogP contribution in [0.25, 0.3) is 0 Å². The number of carbonyl (C=O) groups excluding carboxylic acids is 2. The van der Waals surface area contributed by atoms with Crippen molar-refractivity contribution in [3.8, 4) is 5.75 Å². The first-order valence-electron chi connectivity index (χ1n) is 5.87. The summed E-state index contributed by atoms with van der Waals surface area (Å²) < 4.78 is 5.09. The van der Waals surface area contributed by atoms with Crippen LogP contribution in [0.4, 0.5) is 0 Å². The lowest BCUT2D eigenvalue weighted by atomic mass is 10.2. The topological polar surface area (TPSA) is 67.4 Å². The summed E-state index contributed by atoms with van der Waals surface area (Å²) in [6, 6.07) is 6.96. The molecule has 1 aromatic carbocycles. The Balaban J connectivity index is 2.48. The van der Waals surface area contributed by atoms with Gasteiger partial charge in [0.05, 0.1) is 12.7 Å². The van der Waals surface area contributed by atoms with Crippen molar-refractivity contribution >= 4 is 11.8 Å². The number of amides is 2. The lowest BCUT2D eigenvalue weighted by Crippen LogP contribution is -2.30. The fourth-order valence-corrected chi connectivity index (χ4v) is 1.50. The normalized spacial score (nSPS) is 9.67. The van der Waals surface area contributed by atoms with E-state index in [9.17, 15) is 9.59 Å². The fraction of sp³-hybridized carbons (Fsp3) is 0.385. The van der Waals surface area contributed by atoms with E-state index >= 15 is 0 Å². The van der Waals surface area contributed by atoms with E-state index in [4.69, 9.17) is 4.74 Å². The highest BCUT2D eigenvalue weighted by Gasteiger charge is 2.10. The van der Waals surface area contributed by atoms with Crippen LogP contribution in [0.3, 0.4) is 0 Å². The molecular weight excluding hydrogens is 232 g/mol. The predicted octanol–water partition coefficient (Wildman–Crippen LogP) is 0.951. The average Bonchev–Trinajstić information content (AvgIpc) is 2.38. The number of nitrogens with one attached hydrogen (secondary N) is 2. The van der Waals surface area contributed by atoms with Crippen molar-refractivity contribution in [2.45, 2.75) is 13.3 Å². The minimum atomic E-state index is -0.239. The van der Waals surface area contributed by atoms with Crippen LogP contribution >= 0.6 is 0 Å². The largest absolute Gasteiger partial charge is 0.496 e. The van der Waals surface area contributed by atoms with E-state index in [2.05, 4.69) is 10.6 Å². The van der Waals surface area contributed by atoms with E-state index in [-0.39, 0.29) is 18.2 Å². The lowest BCUT2D eigenvalue weighted by molar-refractivity contribution is -0.120. The highest BCUT2D eigenvalue weighted by atomic mass is 16.5. The third-order valence-electron chi connectivity index (χ3n) is 2.36. The smallest absolute Gasteiger partial charge is 0.255 e. The number of carbonyl (C=O) groups is 2. The van der Waals surface area contributed by atoms with Gasteiger partial charge in [0, 0.05) is 19.5 Å². The van der Waals surface area contributed by atoms with Crippen LogP contribution in [0.2, 0.25) is 0 Å². The first-order valence-corrected chi connectivity index (χ1v) is 5.87. The van der Waals surface area contributed by atoms with Crippen LogP contribution in [0.1, 0.15) is 23.7 Å². The molecule has 0 fully saturated rings. The maximum absolute atomic E-state index is 11.8. The second kappa shape index (κ2) is 7.32. The fourth-order valence-electron chi connectivity index (χ4n) is 1.50. The molecule has 5 nitrogen and oxygen atoms in total. The van der Waals surface area contributed by atoms with Gasteiger partial charge in [-0.2, -0.15) is 0 Å². The maximum atomic E-state index is 11.8. The van der Waals surface area contributed by atoms with Crippen LogP contribution in [0.15, 0.2) is 24.3 Å². The quantitative estimate of drug-likeness (QED) is 0.790. The molecule has 1 aromatic rings. The molecule has 0 aliphatic rings. The number of rotatable bonds is 6. The van der Waals surface area contributed by atoms with Crippen molar-refractivity contribution in [3.63, 3.8) is 0 Å². The third-order valence-corrected chi connectivity index (χ3v) is 2.36. The Morgan fingerprint density at radius 2 is 1.94 bits per heavy atom. The van der Waals surface area contributed by atoms with Gasteiger partial charge in [0.2, 0.25) is 5.91 Å². The summed E-state index contributed by atoms with van der Waals surface area (Å²) in [6.07, 6.45) is 0.273. The van der Waals surface area contributed by atoms with Gasteiger partial charge < -0.3 is 15.4 Å². The summed E-state index contributed by atoms with van der Waals surface area (Å²) in [5.74, 6) is 0.211. The van der Waals surface area contributed by atoms with Gasteiger partial charge in [0.25, 0.3) is 5.91 Å². The molecule has 1 rings (SSSR count). The molecule has 0 atom stereocenters. The Morgan fingerprint density at radius 3 is 2.61 bits per heavy atom. The summed E-state index contributed by atoms with van der Waals surface area (Å²) in [7, 11) is 1.51. The van der Waals surface area contributed by atoms with Crippen molar-refractivity contribution in [1.82, 2.24) is 10.6 Å². The Bertz CT molecular complexity index is 418. The van der Waals surface area contributed by atoms with E-state index in [1.54, 1.807) is 24.3 Å². The summed E-state index contributed by atoms with van der Waals surface area (Å²) >= 11 is 0. The monoisotopic (exact) mass is 250 g/mol. The molecule has 0 radical (unpaired) electrons. The van der Waals surface area contributed by atoms with Crippen LogP contribution in [-0.2, 0) is 4.79 Å². The van der Waals surface area contributed by atoms with Gasteiger partial charge in [-0.25, -0.2) is 0 Å². The Hall–Kier alpha value is -2.04. The van der Waals surface area contributed by atoms with Gasteiger partial charge in [-0.3, -0.25) is 9.59 Å². The highest BCUT2D eigenvalue weighted by Crippen LogP contribution is 2.16. The summed E-state index contributed by atoms with van der Waals surface area (Å²) in [5.41, 5.74) is 0.468. The first kappa shape index (κ1) is 14.0. The maximum Gasteiger partial charge on any atom is 0.255 e. The molecule has 0 aromatic heterocycles. The molecule has 0 saturated heterocycles. The average molecular weight is 250 g/mol. The number of methoxy groups -OCH3 is 1. The number of benzene rings is 1. The molecule has 0 aliphatic heterocycles. The first-order chi connectivity index (χ1) is 8.69. The number of ether oxygens (including phenoxy) is 1. The van der Waals surface area contributed by atoms with Crippen LogP contribution in [-0.4, -0.2) is 32.0 Å². The molecule has 2 N–H and O–H groups in total. The zero-order valence-corrected chi connectivity index (χ0v) is 10.7. The number of hydrogen-bond donors (Lipinski definition) is 2. The zero-order chi connectivity index (χ0) is 13.4. The molecule has 0 aliphatic carbocycles. The van der Waals surface area contributed by atoms with Crippen LogP contribution < -0.4 is 15.4 Å². The van der Waals surface area contributed by atoms with Gasteiger partial charge in [-0.15, -0.1) is 0 Å². The molecule has 18 heavy (non-hydrogen) atoms. The SMILES string of the molecule is CCNC(=O)CCNC(=O)c1ccccc1OC. The molecule has 0 spiro atoms. The molecular formula is C13H18N2O3. The Morgan fingerprint density at radius 1 is 1.22 bits per heavy atom. The molecule has 0 unspecified atom stereocenters. The second-order valence-corrected chi connectivity index (χ2v) is 3.66. The lowest BCUT2D eigenvalue weighted by Gasteiger charge is -2.08. The molecule has 2 amide bonds. The van der Waals surface area contributed by atoms with Crippen LogP contribution in [0.5, 0.6) is 5.75 Å². The van der Waals surface area contributed by atoms with Crippen molar-refractivity contribution in [2.75, 3.05) is 20.2 Å². The van der Waals surface area contributed by atoms with Gasteiger partial charge >= 0.3 is 0 Å². The van der Waals surface area contributed by atoms with E-state index in [1.165, 1.54) is 7.11 Å². The molecule has 0 heterocycles. The standard InChI is InChI=1S/C13H18N2O3/c1-3-14-12(16)8-9-15-13(17)10-6-4-5-7-11(10)18-2/h4-7H,3,8-9H2,1-2H3,(H,14,16)(H,15,17). The molecule has 0 saturated carbocycles. The van der Waals surface area contributed by atoms with E-state index in [1.807, 2.05) is 6.92 Å². The van der Waals surface area contributed by atoms with Crippen LogP contribution in [0, 0.1) is 0 Å². The van der Waals surface area contributed by atoms with E-state index in [0.717, 1.165) is 0 Å². The van der Waals surface area contributed by atoms with Crippen molar-refractivity contribution < 1.29 is 14.3 Å². The Kier molecular flexibility index (Phi) is 5.70. The van der Waals surface area contributed by atoms with Gasteiger partial charge in [0.1, 0.15) is 5.75 Å². The summed E-state index contributed by atoms with van der Waals surface area (Å²) in [6.45, 7) is 2.76. The minimum Gasteiger partial charge on any atom is -0.496 e. The van der Waals surface area contributed by atoms with Crippen molar-refractivity contribution in [1.29, 1.82) is 0 Å². The predicted molar refractivity (Wildman–Crippen MR) is 68.6 cm³/mol. The molecule has 0 bridgehead atoms. The van der Waals surface area contributed by atoms with E-state index < -0.39 is 0 Å². The van der Waals surface area contributed by atoms with Gasteiger partial charge in [-0.1, -0.05) is 12.1 Å². The second-order valence-electron chi connectivity index (χ2n) is 3.66. The van der Waals surface area contributed by atoms with Gasteiger partial charge in [0.15, 0.2) is 0 Å². The number of hydrogen-bond acceptors (Lipinski definition) is 3. The van der Waals surface area contributed by atoms with E-state index in [0.29, 0.717) is 24.4 Å². The summed E-state index contributed by atoms with van der Waals surface area (Å²) in [4.78, 5) is 23.0. The molecule has 5 heteroatoms. The Labute approximate surface area is 107 Å². The molecule has 98 valence electrons. The van der Waals surface area contributed by atoms with Crippen molar-refractivity contribution in [3.05, 3.63) is 29.8 Å². The van der Waals surface area contributed by atoms with Gasteiger partial charge in [-0.05, 0) is 19.1 Å². The summed E-state index contributed by atoms with van der Waals surface area (Å²) in [5, 5.41) is 5.35. The number of para-hydroxylation sites is 1. The highest BCUT2D eigenvalue weighted by molar-refractivity contribution is 5.97. The zero-order valence-electron chi connectivity index (χ0n) is 10.7. The van der Waals surface area contributed by atoms with Crippen molar-refractivity contribution in [2.24, 2.45) is 0 Å². The minimum absolute atomic E-state index is 0.0715.